The summed E-state index contributed by atoms with van der Waals surface area (Å²) < 4.78 is 0. The molecule has 4 aliphatic heterocycles. The molecule has 4 fully saturated rings. The fourth-order valence-corrected chi connectivity index (χ4v) is 6.43. The average Bonchev–Trinajstić information content (AvgIpc) is 3.29. The molecule has 4 aliphatic rings. The van der Waals surface area contributed by atoms with Crippen molar-refractivity contribution in [3.63, 3.8) is 0 Å². The largest absolute Gasteiger partial charge is 0.342 e. The average molecular weight is 399 g/mol. The first-order chi connectivity index (χ1) is 12.6. The van der Waals surface area contributed by atoms with E-state index in [1.165, 1.54) is 21.6 Å². The molecular formula is C16H22N4O4S2. The second kappa shape index (κ2) is 7.30. The fraction of sp³-hybridized carbons (Fsp3) is 0.750. The summed E-state index contributed by atoms with van der Waals surface area (Å²) in [7, 11) is 2.91. The molecule has 0 aromatic rings. The van der Waals surface area contributed by atoms with E-state index in [0.717, 1.165) is 25.7 Å². The van der Waals surface area contributed by atoms with Crippen molar-refractivity contribution in [2.24, 2.45) is 0 Å². The van der Waals surface area contributed by atoms with Gasteiger partial charge < -0.3 is 20.4 Å². The van der Waals surface area contributed by atoms with E-state index < -0.39 is 12.1 Å². The summed E-state index contributed by atoms with van der Waals surface area (Å²) in [6.45, 7) is 1.32. The Balaban J connectivity index is 1.25. The number of rotatable bonds is 5. The Kier molecular flexibility index (Phi) is 5.05. The van der Waals surface area contributed by atoms with Crippen LogP contribution in [0.1, 0.15) is 25.7 Å². The van der Waals surface area contributed by atoms with Crippen LogP contribution in [0.3, 0.4) is 0 Å². The summed E-state index contributed by atoms with van der Waals surface area (Å²) in [5.74, 6) is 0.767. The summed E-state index contributed by atoms with van der Waals surface area (Å²) in [5, 5.41) is 5.63. The monoisotopic (exact) mass is 398 g/mol. The third-order valence-electron chi connectivity index (χ3n) is 5.46. The summed E-state index contributed by atoms with van der Waals surface area (Å²) >= 11 is 0. The van der Waals surface area contributed by atoms with Gasteiger partial charge in [-0.2, -0.15) is 0 Å². The number of nitrogens with one attached hydrogen (secondary N) is 2. The zero-order chi connectivity index (χ0) is 18.3. The van der Waals surface area contributed by atoms with Crippen molar-refractivity contribution in [2.75, 3.05) is 24.6 Å². The number of nitrogens with zero attached hydrogens (tertiary/aromatic N) is 2. The number of carbonyl (C=O) groups excluding carboxylic acids is 4. The second-order valence-electron chi connectivity index (χ2n) is 7.07. The highest BCUT2D eigenvalue weighted by Gasteiger charge is 2.44. The van der Waals surface area contributed by atoms with Gasteiger partial charge in [0.15, 0.2) is 0 Å². The molecule has 0 unspecified atom stereocenters. The van der Waals surface area contributed by atoms with Crippen molar-refractivity contribution in [2.45, 2.75) is 49.9 Å². The first kappa shape index (κ1) is 18.0. The summed E-state index contributed by atoms with van der Waals surface area (Å²) in [6.07, 6.45) is 3.24. The van der Waals surface area contributed by atoms with E-state index in [0.29, 0.717) is 24.6 Å². The second-order valence-corrected chi connectivity index (χ2v) is 9.62. The van der Waals surface area contributed by atoms with Gasteiger partial charge in [0.05, 0.1) is 0 Å². The highest BCUT2D eigenvalue weighted by molar-refractivity contribution is 8.76. The van der Waals surface area contributed by atoms with Gasteiger partial charge in [0.2, 0.25) is 23.6 Å². The minimum atomic E-state index is -0.506. The molecule has 4 atom stereocenters. The van der Waals surface area contributed by atoms with Gasteiger partial charge in [-0.25, -0.2) is 0 Å². The zero-order valence-corrected chi connectivity index (χ0v) is 15.9. The number of carbonyl (C=O) groups is 4. The van der Waals surface area contributed by atoms with Crippen LogP contribution in [0.25, 0.3) is 0 Å². The molecule has 0 radical (unpaired) electrons. The molecule has 10 heteroatoms. The maximum Gasteiger partial charge on any atom is 0.246 e. The van der Waals surface area contributed by atoms with Crippen LogP contribution in [0.5, 0.6) is 0 Å². The number of hydrogen-bond donors (Lipinski definition) is 2. The summed E-state index contributed by atoms with van der Waals surface area (Å²) in [5.41, 5.74) is 0. The lowest BCUT2D eigenvalue weighted by molar-refractivity contribution is -0.146. The van der Waals surface area contributed by atoms with E-state index in [2.05, 4.69) is 10.6 Å². The first-order valence-corrected chi connectivity index (χ1v) is 11.5. The Labute approximate surface area is 159 Å². The molecular weight excluding hydrogens is 376 g/mol. The molecule has 0 saturated carbocycles. The summed E-state index contributed by atoms with van der Waals surface area (Å²) in [6, 6.07) is -1.59. The molecule has 4 saturated heterocycles. The molecule has 0 spiro atoms. The molecule has 4 amide bonds. The van der Waals surface area contributed by atoms with Gasteiger partial charge in [0, 0.05) is 24.6 Å². The standard InChI is InChI=1S/C16H22N4O4S2/c21-13-11-3-1-5-19(11)15(23)9(17-13)7-25-26-8-10-16(24)20-6-2-4-12(20)14(22)18-10/h9-12H,1-8H2,(H,17,21)(H,18,22)/t9-,10-,11-,12+/m0/s1. The van der Waals surface area contributed by atoms with Crippen LogP contribution in [0.4, 0.5) is 0 Å². The molecule has 8 nitrogen and oxygen atoms in total. The lowest BCUT2D eigenvalue weighted by Crippen LogP contribution is -2.62. The van der Waals surface area contributed by atoms with Crippen LogP contribution in [0.15, 0.2) is 0 Å². The predicted molar refractivity (Wildman–Crippen MR) is 98.2 cm³/mol. The number of piperazine rings is 2. The normalized spacial score (nSPS) is 33.8. The smallest absolute Gasteiger partial charge is 0.246 e. The van der Waals surface area contributed by atoms with Crippen molar-refractivity contribution < 1.29 is 19.2 Å². The molecule has 4 heterocycles. The minimum absolute atomic E-state index is 0.0119. The highest BCUT2D eigenvalue weighted by Crippen LogP contribution is 2.29. The van der Waals surface area contributed by atoms with Gasteiger partial charge in [-0.05, 0) is 25.7 Å². The molecule has 0 aromatic heterocycles. The van der Waals surface area contributed by atoms with Gasteiger partial charge in [-0.15, -0.1) is 0 Å². The lowest BCUT2D eigenvalue weighted by atomic mass is 10.1. The minimum Gasteiger partial charge on any atom is -0.342 e. The molecule has 26 heavy (non-hydrogen) atoms. The third kappa shape index (κ3) is 3.17. The molecule has 0 aliphatic carbocycles. The van der Waals surface area contributed by atoms with Crippen LogP contribution in [-0.4, -0.2) is 82.2 Å². The SMILES string of the molecule is O=C1N[C@@H](CSSC[C@@H]2NC(=O)[C@@H]3CCCN3C2=O)C(=O)N2CCC[C@H]12. The van der Waals surface area contributed by atoms with Crippen molar-refractivity contribution in [1.29, 1.82) is 0 Å². The molecule has 4 rings (SSSR count). The van der Waals surface area contributed by atoms with Gasteiger partial charge in [-0.3, -0.25) is 19.2 Å². The number of hydrogen-bond acceptors (Lipinski definition) is 6. The maximum absolute atomic E-state index is 12.4. The van der Waals surface area contributed by atoms with Crippen LogP contribution < -0.4 is 10.6 Å². The Morgan fingerprint density at radius 3 is 1.62 bits per heavy atom. The van der Waals surface area contributed by atoms with Gasteiger partial charge >= 0.3 is 0 Å². The van der Waals surface area contributed by atoms with E-state index in [1.54, 1.807) is 9.80 Å². The quantitative estimate of drug-likeness (QED) is 0.472. The Morgan fingerprint density at radius 1 is 0.769 bits per heavy atom. The van der Waals surface area contributed by atoms with E-state index in [4.69, 9.17) is 0 Å². The van der Waals surface area contributed by atoms with Gasteiger partial charge in [-0.1, -0.05) is 21.6 Å². The Bertz CT molecular complexity index is 592. The Hall–Kier alpha value is -1.42. The zero-order valence-electron chi connectivity index (χ0n) is 14.3. The topological polar surface area (TPSA) is 98.8 Å². The van der Waals surface area contributed by atoms with Crippen LogP contribution >= 0.6 is 21.6 Å². The van der Waals surface area contributed by atoms with E-state index in [-0.39, 0.29) is 35.7 Å². The van der Waals surface area contributed by atoms with Crippen LogP contribution in [0.2, 0.25) is 0 Å². The fourth-order valence-electron chi connectivity index (χ4n) is 4.12. The van der Waals surface area contributed by atoms with E-state index in [9.17, 15) is 19.2 Å². The molecule has 142 valence electrons. The number of fused-ring (bicyclic) bond motifs is 2. The molecule has 2 N–H and O–H groups in total. The van der Waals surface area contributed by atoms with E-state index in [1.807, 2.05) is 0 Å². The maximum atomic E-state index is 12.4. The Morgan fingerprint density at radius 2 is 1.19 bits per heavy atom. The van der Waals surface area contributed by atoms with Crippen molar-refractivity contribution >= 4 is 45.2 Å². The molecule has 0 bridgehead atoms. The lowest BCUT2D eigenvalue weighted by Gasteiger charge is -2.35. The van der Waals surface area contributed by atoms with Gasteiger partial charge in [0.1, 0.15) is 24.2 Å². The van der Waals surface area contributed by atoms with Crippen LogP contribution in [0, 0.1) is 0 Å². The molecule has 0 aromatic carbocycles. The summed E-state index contributed by atoms with van der Waals surface area (Å²) in [4.78, 5) is 52.4. The number of amides is 4. The van der Waals surface area contributed by atoms with Crippen molar-refractivity contribution in [3.05, 3.63) is 0 Å². The highest BCUT2D eigenvalue weighted by atomic mass is 33.1. The van der Waals surface area contributed by atoms with Crippen LogP contribution in [-0.2, 0) is 19.2 Å². The van der Waals surface area contributed by atoms with Crippen molar-refractivity contribution in [1.82, 2.24) is 20.4 Å². The van der Waals surface area contributed by atoms with Crippen molar-refractivity contribution in [3.8, 4) is 0 Å². The van der Waals surface area contributed by atoms with Gasteiger partial charge in [0.25, 0.3) is 0 Å². The van der Waals surface area contributed by atoms with E-state index >= 15 is 0 Å². The first-order valence-electron chi connectivity index (χ1n) is 9.02. The predicted octanol–water partition coefficient (Wildman–Crippen LogP) is -0.653. The third-order valence-corrected chi connectivity index (χ3v) is 7.88.